The first-order valence-corrected chi connectivity index (χ1v) is 8.39. The van der Waals surface area contributed by atoms with Gasteiger partial charge in [0.15, 0.2) is 0 Å². The molecular weight excluding hydrogens is 344 g/mol. The average molecular weight is 368 g/mol. The monoisotopic (exact) mass is 368 g/mol. The number of methoxy groups -OCH3 is 2. The Kier molecular flexibility index (Phi) is 7.16. The van der Waals surface area contributed by atoms with Gasteiger partial charge in [0, 0.05) is 25.0 Å². The van der Waals surface area contributed by atoms with Gasteiger partial charge in [-0.25, -0.2) is 9.59 Å². The van der Waals surface area contributed by atoms with Gasteiger partial charge < -0.3 is 29.7 Å². The summed E-state index contributed by atoms with van der Waals surface area (Å²) in [5, 5.41) is 3.24. The van der Waals surface area contributed by atoms with Gasteiger partial charge in [0.2, 0.25) is 11.2 Å². The molecule has 0 radical (unpaired) electrons. The minimum Gasteiger partial charge on any atom is -0.489 e. The van der Waals surface area contributed by atoms with Gasteiger partial charge in [0.1, 0.15) is 11.8 Å². The van der Waals surface area contributed by atoms with Crippen molar-refractivity contribution in [3.63, 3.8) is 0 Å². The summed E-state index contributed by atoms with van der Waals surface area (Å²) in [6.45, 7) is 1.57. The van der Waals surface area contributed by atoms with Crippen molar-refractivity contribution in [2.75, 3.05) is 33.9 Å². The fourth-order valence-electron chi connectivity index (χ4n) is 2.77. The predicted octanol–water partition coefficient (Wildman–Crippen LogP) is 0.309. The van der Waals surface area contributed by atoms with Crippen LogP contribution >= 0.6 is 0 Å². The number of nitrogens with one attached hydrogen (secondary N) is 1. The zero-order chi connectivity index (χ0) is 19.1. The second-order valence-corrected chi connectivity index (χ2v) is 6.15. The molecule has 9 heteroatoms. The lowest BCUT2D eigenvalue weighted by molar-refractivity contribution is 0.0417. The van der Waals surface area contributed by atoms with Crippen LogP contribution in [0.15, 0.2) is 15.5 Å². The van der Waals surface area contributed by atoms with E-state index in [0.717, 1.165) is 39.2 Å². The molecule has 2 atom stereocenters. The minimum atomic E-state index is -0.877. The summed E-state index contributed by atoms with van der Waals surface area (Å²) in [5.74, 6) is -2.37. The van der Waals surface area contributed by atoms with Gasteiger partial charge in [0.25, 0.3) is 5.76 Å². The standard InChI is InChI=1S/C17H24N2O7/c1-23-14-13(20)12(9-25-15(14)17(22)24-2)16(21)26-8-10-4-3-5-11(18)7-19-6-10/h9-11,19H,3-8,18H2,1-2H3. The first kappa shape index (κ1) is 19.9. The molecule has 1 aliphatic heterocycles. The SMILES string of the molecule is COC(=O)c1occ(C(=O)OCC2CCCC(N)CNC2)c(=O)c1OC. The Balaban J connectivity index is 2.05. The van der Waals surface area contributed by atoms with Crippen molar-refractivity contribution in [2.45, 2.75) is 25.3 Å². The van der Waals surface area contributed by atoms with Crippen LogP contribution in [0.1, 0.15) is 40.2 Å². The van der Waals surface area contributed by atoms with E-state index in [1.807, 2.05) is 0 Å². The fraction of sp³-hybridized carbons (Fsp3) is 0.588. The predicted molar refractivity (Wildman–Crippen MR) is 91.3 cm³/mol. The third-order valence-electron chi connectivity index (χ3n) is 4.22. The van der Waals surface area contributed by atoms with E-state index in [9.17, 15) is 14.4 Å². The van der Waals surface area contributed by atoms with Crippen LogP contribution in [-0.4, -0.2) is 51.9 Å². The zero-order valence-electron chi connectivity index (χ0n) is 14.9. The largest absolute Gasteiger partial charge is 0.489 e. The summed E-state index contributed by atoms with van der Waals surface area (Å²) in [6, 6.07) is 0.143. The number of nitrogens with two attached hydrogens (primary N) is 1. The Morgan fingerprint density at radius 3 is 2.73 bits per heavy atom. The van der Waals surface area contributed by atoms with Gasteiger partial charge in [-0.2, -0.15) is 0 Å². The van der Waals surface area contributed by atoms with Crippen LogP contribution in [0.4, 0.5) is 0 Å². The molecule has 0 amide bonds. The summed E-state index contributed by atoms with van der Waals surface area (Å²) in [5.41, 5.74) is 4.77. The molecule has 0 bridgehead atoms. The van der Waals surface area contributed by atoms with E-state index < -0.39 is 28.9 Å². The van der Waals surface area contributed by atoms with Crippen LogP contribution in [0.25, 0.3) is 0 Å². The normalized spacial score (nSPS) is 20.6. The molecule has 0 aromatic carbocycles. The number of carbonyl (C=O) groups is 2. The van der Waals surface area contributed by atoms with Crippen molar-refractivity contribution < 1.29 is 28.2 Å². The molecule has 1 aromatic heterocycles. The average Bonchev–Trinajstić information content (AvgIpc) is 2.62. The molecule has 144 valence electrons. The number of ether oxygens (including phenoxy) is 3. The van der Waals surface area contributed by atoms with Gasteiger partial charge in [0.05, 0.1) is 20.8 Å². The highest BCUT2D eigenvalue weighted by Gasteiger charge is 2.26. The number of esters is 2. The van der Waals surface area contributed by atoms with Gasteiger partial charge in [-0.1, -0.05) is 6.42 Å². The molecule has 1 aromatic rings. The molecule has 1 fully saturated rings. The minimum absolute atomic E-state index is 0.134. The molecule has 0 spiro atoms. The van der Waals surface area contributed by atoms with E-state index in [1.54, 1.807) is 0 Å². The van der Waals surface area contributed by atoms with Gasteiger partial charge in [-0.15, -0.1) is 0 Å². The van der Waals surface area contributed by atoms with E-state index in [2.05, 4.69) is 10.1 Å². The van der Waals surface area contributed by atoms with Crippen LogP contribution in [0.2, 0.25) is 0 Å². The maximum Gasteiger partial charge on any atom is 0.378 e. The molecule has 26 heavy (non-hydrogen) atoms. The van der Waals surface area contributed by atoms with Crippen molar-refractivity contribution >= 4 is 11.9 Å². The van der Waals surface area contributed by atoms with Crippen molar-refractivity contribution in [1.29, 1.82) is 0 Å². The van der Waals surface area contributed by atoms with Crippen molar-refractivity contribution in [1.82, 2.24) is 5.32 Å². The molecule has 0 aliphatic carbocycles. The maximum atomic E-state index is 12.4. The maximum absolute atomic E-state index is 12.4. The Bertz CT molecular complexity index is 691. The zero-order valence-corrected chi connectivity index (χ0v) is 14.9. The number of hydrogen-bond donors (Lipinski definition) is 2. The van der Waals surface area contributed by atoms with Gasteiger partial charge in [-0.05, 0) is 12.8 Å². The molecular formula is C17H24N2O7. The van der Waals surface area contributed by atoms with E-state index in [4.69, 9.17) is 19.6 Å². The Morgan fingerprint density at radius 1 is 1.27 bits per heavy atom. The van der Waals surface area contributed by atoms with E-state index >= 15 is 0 Å². The second-order valence-electron chi connectivity index (χ2n) is 6.15. The smallest absolute Gasteiger partial charge is 0.378 e. The van der Waals surface area contributed by atoms with Crippen molar-refractivity contribution in [3.8, 4) is 5.75 Å². The first-order valence-electron chi connectivity index (χ1n) is 8.39. The van der Waals surface area contributed by atoms with Crippen molar-refractivity contribution in [2.24, 2.45) is 11.7 Å². The molecule has 9 nitrogen and oxygen atoms in total. The molecule has 2 heterocycles. The Hall–Kier alpha value is -2.39. The third kappa shape index (κ3) is 4.83. The van der Waals surface area contributed by atoms with Gasteiger partial charge in [-0.3, -0.25) is 4.79 Å². The molecule has 0 saturated carbocycles. The highest BCUT2D eigenvalue weighted by Crippen LogP contribution is 2.17. The second kappa shape index (κ2) is 9.35. The highest BCUT2D eigenvalue weighted by atomic mass is 16.5. The quantitative estimate of drug-likeness (QED) is 0.705. The van der Waals surface area contributed by atoms with Crippen molar-refractivity contribution in [3.05, 3.63) is 27.8 Å². The summed E-state index contributed by atoms with van der Waals surface area (Å²) in [7, 11) is 2.33. The number of carbonyl (C=O) groups excluding carboxylic acids is 2. The van der Waals surface area contributed by atoms with Crippen LogP contribution < -0.4 is 21.2 Å². The molecule has 2 rings (SSSR count). The van der Waals surface area contributed by atoms with Crippen LogP contribution in [0, 0.1) is 5.92 Å². The number of hydrogen-bond acceptors (Lipinski definition) is 9. The van der Waals surface area contributed by atoms with E-state index in [-0.39, 0.29) is 24.1 Å². The highest BCUT2D eigenvalue weighted by molar-refractivity contribution is 5.93. The Labute approximate surface area is 150 Å². The molecule has 2 unspecified atom stereocenters. The summed E-state index contributed by atoms with van der Waals surface area (Å²) >= 11 is 0. The molecule has 3 N–H and O–H groups in total. The number of rotatable bonds is 5. The van der Waals surface area contributed by atoms with Crippen LogP contribution in [-0.2, 0) is 9.47 Å². The van der Waals surface area contributed by atoms with E-state index in [0.29, 0.717) is 6.54 Å². The summed E-state index contributed by atoms with van der Waals surface area (Å²) in [4.78, 5) is 36.2. The Morgan fingerprint density at radius 2 is 2.04 bits per heavy atom. The van der Waals surface area contributed by atoms with Crippen LogP contribution in [0.3, 0.4) is 0 Å². The van der Waals surface area contributed by atoms with Crippen LogP contribution in [0.5, 0.6) is 5.75 Å². The van der Waals surface area contributed by atoms with Gasteiger partial charge >= 0.3 is 11.9 Å². The third-order valence-corrected chi connectivity index (χ3v) is 4.22. The summed E-state index contributed by atoms with van der Waals surface area (Å²) in [6.07, 6.45) is 3.62. The molecule has 1 saturated heterocycles. The lowest BCUT2D eigenvalue weighted by atomic mass is 9.98. The lowest BCUT2D eigenvalue weighted by Gasteiger charge is -2.23. The fourth-order valence-corrected chi connectivity index (χ4v) is 2.77. The first-order chi connectivity index (χ1) is 12.5. The molecule has 1 aliphatic rings. The topological polar surface area (TPSA) is 130 Å². The van der Waals surface area contributed by atoms with E-state index in [1.165, 1.54) is 7.11 Å². The lowest BCUT2D eigenvalue weighted by Crippen LogP contribution is -2.39. The summed E-state index contributed by atoms with van der Waals surface area (Å²) < 4.78 is 19.7.